The molecule has 192 valence electrons. The maximum absolute atomic E-state index is 12.9. The summed E-state index contributed by atoms with van der Waals surface area (Å²) in [6, 6.07) is 25.6. The van der Waals surface area contributed by atoms with Gasteiger partial charge in [0.25, 0.3) is 0 Å². The molecule has 1 amide bonds. The van der Waals surface area contributed by atoms with Crippen molar-refractivity contribution in [3.63, 3.8) is 0 Å². The third kappa shape index (κ3) is 4.95. The van der Waals surface area contributed by atoms with Gasteiger partial charge in [-0.25, -0.2) is 9.59 Å². The van der Waals surface area contributed by atoms with Crippen molar-refractivity contribution in [3.8, 4) is 11.1 Å². The van der Waals surface area contributed by atoms with Crippen LogP contribution in [-0.2, 0) is 9.53 Å². The molecule has 0 aliphatic heterocycles. The fraction of sp³-hybridized carbons (Fsp3) is 0.194. The maximum atomic E-state index is 12.9. The summed E-state index contributed by atoms with van der Waals surface area (Å²) in [4.78, 5) is 39.4. The molecule has 38 heavy (non-hydrogen) atoms. The number of aliphatic carboxylic acids is 1. The van der Waals surface area contributed by atoms with E-state index in [0.717, 1.165) is 38.7 Å². The van der Waals surface area contributed by atoms with Crippen LogP contribution in [0.25, 0.3) is 21.9 Å². The number of hydrogen-bond donors (Lipinski definition) is 2. The van der Waals surface area contributed by atoms with Crippen LogP contribution >= 0.6 is 0 Å². The number of nitrogens with one attached hydrogen (secondary N) is 1. The number of amides is 1. The zero-order valence-corrected chi connectivity index (χ0v) is 21.2. The smallest absolute Gasteiger partial charge is 0.407 e. The molecule has 2 N–H and O–H groups in total. The first-order chi connectivity index (χ1) is 18.3. The lowest BCUT2D eigenvalue weighted by Gasteiger charge is -2.17. The molecule has 1 aliphatic rings. The van der Waals surface area contributed by atoms with Gasteiger partial charge in [0.1, 0.15) is 12.6 Å². The summed E-state index contributed by atoms with van der Waals surface area (Å²) < 4.78 is 5.47. The van der Waals surface area contributed by atoms with Gasteiger partial charge in [0.05, 0.1) is 0 Å². The second-order valence-electron chi connectivity index (χ2n) is 9.63. The number of Topliss-reactive ketones (excluding diaryl/α,β-unsaturated/α-hetero) is 1. The number of benzene rings is 4. The number of carboxylic acids is 1. The summed E-state index contributed by atoms with van der Waals surface area (Å²) in [5.74, 6) is -1.83. The van der Waals surface area contributed by atoms with Crippen molar-refractivity contribution in [1.29, 1.82) is 0 Å². The minimum Gasteiger partial charge on any atom is -0.480 e. The predicted molar refractivity (Wildman–Crippen MR) is 147 cm³/mol. The Morgan fingerprint density at radius 3 is 2.11 bits per heavy atom. The van der Waals surface area contributed by atoms with Crippen molar-refractivity contribution in [3.05, 3.63) is 102 Å². The van der Waals surface area contributed by atoms with Crippen molar-refractivity contribution in [2.24, 2.45) is 0 Å². The van der Waals surface area contributed by atoms with E-state index in [9.17, 15) is 19.5 Å². The molecule has 4 aromatic carbocycles. The van der Waals surface area contributed by atoms with Gasteiger partial charge in [0.2, 0.25) is 0 Å². The first-order valence-corrected chi connectivity index (χ1v) is 12.4. The Morgan fingerprint density at radius 1 is 0.868 bits per heavy atom. The lowest BCUT2D eigenvalue weighted by molar-refractivity contribution is -0.139. The van der Waals surface area contributed by atoms with Crippen molar-refractivity contribution >= 4 is 34.3 Å². The van der Waals surface area contributed by atoms with E-state index in [1.807, 2.05) is 91.8 Å². The molecule has 7 nitrogen and oxygen atoms in total. The van der Waals surface area contributed by atoms with E-state index in [2.05, 4.69) is 5.32 Å². The van der Waals surface area contributed by atoms with Crippen molar-refractivity contribution in [1.82, 2.24) is 5.32 Å². The quantitative estimate of drug-likeness (QED) is 0.307. The van der Waals surface area contributed by atoms with Crippen LogP contribution in [0.5, 0.6) is 0 Å². The summed E-state index contributed by atoms with van der Waals surface area (Å²) in [5.41, 5.74) is 5.73. The number of hydrogen-bond acceptors (Lipinski definition) is 5. The summed E-state index contributed by atoms with van der Waals surface area (Å²) in [6.45, 7) is 0.0553. The number of alkyl carbamates (subject to hydrolysis) is 1. The monoisotopic (exact) mass is 508 g/mol. The standard InChI is InChI=1S/C31H28N2O5/c1-33(2)22-14-13-19-15-21(12-11-20(19)16-22)29(34)17-28(30(35)36)32-31(37)38-18-27-25-9-5-3-7-23(25)24-8-4-6-10-26(24)27/h3-16,27-28H,17-18H2,1-2H3,(H,32,37)(H,35,36). The SMILES string of the molecule is CN(C)c1ccc2cc(C(=O)CC(NC(=O)OCC3c4ccccc4-c4ccccc43)C(=O)O)ccc2c1. The Balaban J connectivity index is 1.24. The number of ketones is 1. The van der Waals surface area contributed by atoms with Gasteiger partial charge in [0.15, 0.2) is 5.78 Å². The number of carbonyl (C=O) groups is 3. The van der Waals surface area contributed by atoms with Gasteiger partial charge < -0.3 is 20.1 Å². The third-order valence-electron chi connectivity index (χ3n) is 6.99. The molecule has 0 aromatic heterocycles. The zero-order chi connectivity index (χ0) is 26.8. The van der Waals surface area contributed by atoms with Crippen LogP contribution in [0.3, 0.4) is 0 Å². The molecule has 7 heteroatoms. The molecule has 1 atom stereocenters. The summed E-state index contributed by atoms with van der Waals surface area (Å²) in [7, 11) is 3.91. The van der Waals surface area contributed by atoms with Crippen LogP contribution in [0.2, 0.25) is 0 Å². The van der Waals surface area contributed by atoms with E-state index in [-0.39, 0.29) is 24.7 Å². The molecule has 0 radical (unpaired) electrons. The Kier molecular flexibility index (Phi) is 6.83. The van der Waals surface area contributed by atoms with E-state index in [1.165, 1.54) is 0 Å². The first kappa shape index (κ1) is 25.0. The second kappa shape index (κ2) is 10.4. The molecule has 1 unspecified atom stereocenters. The van der Waals surface area contributed by atoms with Gasteiger partial charge in [0, 0.05) is 37.7 Å². The molecule has 4 aromatic rings. The van der Waals surface area contributed by atoms with Gasteiger partial charge in [-0.05, 0) is 51.2 Å². The van der Waals surface area contributed by atoms with Crippen molar-refractivity contribution in [2.45, 2.75) is 18.4 Å². The van der Waals surface area contributed by atoms with E-state index < -0.39 is 18.1 Å². The predicted octanol–water partition coefficient (Wildman–Crippen LogP) is 5.47. The molecule has 0 heterocycles. The van der Waals surface area contributed by atoms with Gasteiger partial charge in [-0.15, -0.1) is 0 Å². The maximum Gasteiger partial charge on any atom is 0.407 e. The summed E-state index contributed by atoms with van der Waals surface area (Å²) in [5, 5.41) is 13.9. The molecular formula is C31H28N2O5. The molecule has 0 fully saturated rings. The van der Waals surface area contributed by atoms with Crippen molar-refractivity contribution < 1.29 is 24.2 Å². The fourth-order valence-electron chi connectivity index (χ4n) is 4.97. The van der Waals surface area contributed by atoms with Gasteiger partial charge in [-0.1, -0.05) is 66.7 Å². The van der Waals surface area contributed by atoms with Crippen LogP contribution in [-0.4, -0.2) is 49.7 Å². The minimum atomic E-state index is -1.41. The number of carbonyl (C=O) groups excluding carboxylic acids is 2. The first-order valence-electron chi connectivity index (χ1n) is 12.4. The molecule has 0 saturated carbocycles. The van der Waals surface area contributed by atoms with E-state index in [4.69, 9.17) is 4.74 Å². The second-order valence-corrected chi connectivity index (χ2v) is 9.63. The summed E-state index contributed by atoms with van der Waals surface area (Å²) >= 11 is 0. The Bertz CT molecular complexity index is 1500. The third-order valence-corrected chi connectivity index (χ3v) is 6.99. The normalized spacial score (nSPS) is 12.9. The largest absolute Gasteiger partial charge is 0.480 e. The highest BCUT2D eigenvalue weighted by Crippen LogP contribution is 2.44. The van der Waals surface area contributed by atoms with E-state index in [1.54, 1.807) is 12.1 Å². The Morgan fingerprint density at radius 2 is 1.47 bits per heavy atom. The van der Waals surface area contributed by atoms with Crippen LogP contribution < -0.4 is 10.2 Å². The van der Waals surface area contributed by atoms with E-state index in [0.29, 0.717) is 5.56 Å². The average molecular weight is 509 g/mol. The lowest BCUT2D eigenvalue weighted by Crippen LogP contribution is -2.42. The lowest BCUT2D eigenvalue weighted by atomic mass is 9.98. The topological polar surface area (TPSA) is 95.9 Å². The zero-order valence-electron chi connectivity index (χ0n) is 21.2. The molecule has 1 aliphatic carbocycles. The number of rotatable bonds is 8. The van der Waals surface area contributed by atoms with Crippen LogP contribution in [0.1, 0.15) is 33.8 Å². The molecule has 5 rings (SSSR count). The minimum absolute atomic E-state index is 0.0553. The number of ether oxygens (including phenoxy) is 1. The van der Waals surface area contributed by atoms with Gasteiger partial charge in [-0.3, -0.25) is 4.79 Å². The molecule has 0 bridgehead atoms. The van der Waals surface area contributed by atoms with Gasteiger partial charge >= 0.3 is 12.1 Å². The van der Waals surface area contributed by atoms with Crippen molar-refractivity contribution in [2.75, 3.05) is 25.6 Å². The Hall–Kier alpha value is -4.65. The number of nitrogens with zero attached hydrogens (tertiary/aromatic N) is 1. The van der Waals surface area contributed by atoms with E-state index >= 15 is 0 Å². The average Bonchev–Trinajstić information content (AvgIpc) is 3.24. The summed E-state index contributed by atoms with van der Waals surface area (Å²) in [6.07, 6.45) is -1.26. The molecule has 0 saturated heterocycles. The van der Waals surface area contributed by atoms with Crippen LogP contribution in [0, 0.1) is 0 Å². The number of anilines is 1. The van der Waals surface area contributed by atoms with Gasteiger partial charge in [-0.2, -0.15) is 0 Å². The molecular weight excluding hydrogens is 480 g/mol. The number of fused-ring (bicyclic) bond motifs is 4. The van der Waals surface area contributed by atoms with Crippen LogP contribution in [0.15, 0.2) is 84.9 Å². The highest BCUT2D eigenvalue weighted by atomic mass is 16.5. The molecule has 0 spiro atoms. The van der Waals surface area contributed by atoms with Crippen LogP contribution in [0.4, 0.5) is 10.5 Å². The fourth-order valence-corrected chi connectivity index (χ4v) is 4.97. The highest BCUT2D eigenvalue weighted by molar-refractivity contribution is 6.02. The highest BCUT2D eigenvalue weighted by Gasteiger charge is 2.30. The Labute approximate surface area is 220 Å². The number of carboxylic acid groups (broad SMARTS) is 1.